The van der Waals surface area contributed by atoms with Crippen LogP contribution in [0.15, 0.2) is 58.4 Å². The molecule has 6 nitrogen and oxygen atoms in total. The van der Waals surface area contributed by atoms with Crippen LogP contribution in [-0.2, 0) is 17.5 Å². The molecular weight excluding hydrogens is 385 g/mol. The molecule has 0 saturated carbocycles. The Labute approximate surface area is 164 Å². The van der Waals surface area contributed by atoms with E-state index in [-0.39, 0.29) is 17.1 Å². The summed E-state index contributed by atoms with van der Waals surface area (Å²) in [6.07, 6.45) is -2.87. The summed E-state index contributed by atoms with van der Waals surface area (Å²) in [4.78, 5) is 17.2. The predicted molar refractivity (Wildman–Crippen MR) is 105 cm³/mol. The average molecular weight is 404 g/mol. The third-order valence-electron chi connectivity index (χ3n) is 4.23. The lowest BCUT2D eigenvalue weighted by Gasteiger charge is -2.13. The van der Waals surface area contributed by atoms with Crippen LogP contribution < -0.4 is 11.0 Å². The topological polar surface area (TPSA) is 68.5 Å². The second-order valence-corrected chi connectivity index (χ2v) is 6.21. The fourth-order valence-electron chi connectivity index (χ4n) is 2.86. The number of nitrogens with one attached hydrogen (secondary N) is 1. The van der Waals surface area contributed by atoms with Gasteiger partial charge in [0, 0.05) is 25.8 Å². The van der Waals surface area contributed by atoms with E-state index in [0.717, 1.165) is 12.3 Å². The summed E-state index contributed by atoms with van der Waals surface area (Å²) in [6.45, 7) is 0.766. The fraction of sp³-hybridized carbons (Fsp3) is 0.250. The number of hydrogen-bond donors (Lipinski definition) is 1. The zero-order valence-electron chi connectivity index (χ0n) is 15.6. The Balaban J connectivity index is 1.94. The van der Waals surface area contributed by atoms with E-state index in [9.17, 15) is 18.0 Å². The van der Waals surface area contributed by atoms with E-state index in [1.165, 1.54) is 22.8 Å². The number of nitrogens with zero attached hydrogens (tertiary/aromatic N) is 3. The number of alkyl halides is 3. The summed E-state index contributed by atoms with van der Waals surface area (Å²) in [7, 11) is 1.56. The second-order valence-electron chi connectivity index (χ2n) is 6.21. The van der Waals surface area contributed by atoms with E-state index in [1.54, 1.807) is 31.4 Å². The molecule has 1 heterocycles. The van der Waals surface area contributed by atoms with Crippen molar-refractivity contribution in [3.63, 3.8) is 0 Å². The maximum atomic E-state index is 13.1. The van der Waals surface area contributed by atoms with Crippen LogP contribution in [0.4, 0.5) is 19.1 Å². The first-order valence-corrected chi connectivity index (χ1v) is 8.85. The highest BCUT2D eigenvalue weighted by Gasteiger charge is 2.32. The van der Waals surface area contributed by atoms with Gasteiger partial charge in [-0.2, -0.15) is 18.3 Å². The third kappa shape index (κ3) is 4.80. The lowest BCUT2D eigenvalue weighted by Crippen LogP contribution is -2.25. The van der Waals surface area contributed by atoms with E-state index in [1.807, 2.05) is 0 Å². The van der Waals surface area contributed by atoms with Crippen molar-refractivity contribution in [3.8, 4) is 0 Å². The lowest BCUT2D eigenvalue weighted by molar-refractivity contribution is -0.137. The Morgan fingerprint density at radius 3 is 2.66 bits per heavy atom. The molecule has 0 amide bonds. The van der Waals surface area contributed by atoms with Crippen molar-refractivity contribution in [2.24, 2.45) is 5.10 Å². The van der Waals surface area contributed by atoms with Crippen molar-refractivity contribution in [3.05, 3.63) is 70.0 Å². The highest BCUT2D eigenvalue weighted by Crippen LogP contribution is 2.31. The first kappa shape index (κ1) is 20.5. The highest BCUT2D eigenvalue weighted by atomic mass is 19.4. The third-order valence-corrected chi connectivity index (χ3v) is 4.23. The molecule has 0 atom stereocenters. The molecule has 29 heavy (non-hydrogen) atoms. The Hall–Kier alpha value is -3.20. The van der Waals surface area contributed by atoms with Crippen molar-refractivity contribution in [1.82, 2.24) is 9.55 Å². The van der Waals surface area contributed by atoms with Crippen molar-refractivity contribution in [1.29, 1.82) is 0 Å². The number of hydrogen-bond acceptors (Lipinski definition) is 5. The molecule has 0 aliphatic rings. The molecule has 0 aliphatic carbocycles. The van der Waals surface area contributed by atoms with Gasteiger partial charge in [-0.25, -0.2) is 10.4 Å². The van der Waals surface area contributed by atoms with Gasteiger partial charge in [0.1, 0.15) is 0 Å². The normalized spacial score (nSPS) is 12.0. The van der Waals surface area contributed by atoms with Crippen LogP contribution in [0.2, 0.25) is 0 Å². The van der Waals surface area contributed by atoms with Gasteiger partial charge in [-0.1, -0.05) is 30.3 Å². The van der Waals surface area contributed by atoms with E-state index in [2.05, 4.69) is 15.5 Å². The molecule has 0 fully saturated rings. The first-order chi connectivity index (χ1) is 13.9. The van der Waals surface area contributed by atoms with Crippen LogP contribution >= 0.6 is 0 Å². The quantitative estimate of drug-likeness (QED) is 0.368. The molecule has 1 aromatic heterocycles. The van der Waals surface area contributed by atoms with Gasteiger partial charge in [0.25, 0.3) is 5.56 Å². The molecule has 1 N–H and O–H groups in total. The molecule has 0 radical (unpaired) electrons. The van der Waals surface area contributed by atoms with Gasteiger partial charge in [-0.15, -0.1) is 0 Å². The zero-order valence-corrected chi connectivity index (χ0v) is 15.6. The van der Waals surface area contributed by atoms with E-state index in [0.29, 0.717) is 30.5 Å². The summed E-state index contributed by atoms with van der Waals surface area (Å²) in [5.74, 6) is 0.144. The minimum atomic E-state index is -4.49. The SMILES string of the molecule is COCCCn1c(N/N=C\c2ccccc2C(F)(F)F)nc2ccccc2c1=O. The predicted octanol–water partition coefficient (Wildman–Crippen LogP) is 3.90. The number of ether oxygens (including phenoxy) is 1. The number of rotatable bonds is 7. The summed E-state index contributed by atoms with van der Waals surface area (Å²) in [5.41, 5.74) is 1.92. The minimum Gasteiger partial charge on any atom is -0.385 e. The number of fused-ring (bicyclic) bond motifs is 1. The number of benzene rings is 2. The molecule has 0 saturated heterocycles. The molecule has 2 aromatic carbocycles. The lowest BCUT2D eigenvalue weighted by atomic mass is 10.1. The molecule has 0 bridgehead atoms. The molecule has 3 rings (SSSR count). The van der Waals surface area contributed by atoms with Gasteiger partial charge >= 0.3 is 6.18 Å². The van der Waals surface area contributed by atoms with E-state index in [4.69, 9.17) is 4.74 Å². The Morgan fingerprint density at radius 1 is 1.17 bits per heavy atom. The van der Waals surface area contributed by atoms with Gasteiger partial charge in [-0.3, -0.25) is 9.36 Å². The maximum Gasteiger partial charge on any atom is 0.417 e. The monoisotopic (exact) mass is 404 g/mol. The molecule has 3 aromatic rings. The summed E-state index contributed by atoms with van der Waals surface area (Å²) >= 11 is 0. The van der Waals surface area contributed by atoms with Crippen molar-refractivity contribution in [2.45, 2.75) is 19.1 Å². The average Bonchev–Trinajstić information content (AvgIpc) is 2.70. The molecule has 9 heteroatoms. The summed E-state index contributed by atoms with van der Waals surface area (Å²) < 4.78 is 45.8. The standard InChI is InChI=1S/C20H19F3N4O2/c1-29-12-6-11-27-18(28)15-8-3-5-10-17(15)25-19(27)26-24-13-14-7-2-4-9-16(14)20(21,22)23/h2-5,7-10,13H,6,11-12H2,1H3,(H,25,26)/b24-13-. The van der Waals surface area contributed by atoms with Crippen molar-refractivity contribution < 1.29 is 17.9 Å². The van der Waals surface area contributed by atoms with Crippen LogP contribution in [0, 0.1) is 0 Å². The van der Waals surface area contributed by atoms with Gasteiger partial charge in [0.2, 0.25) is 5.95 Å². The minimum absolute atomic E-state index is 0.0958. The molecular formula is C20H19F3N4O2. The zero-order chi connectivity index (χ0) is 20.9. The van der Waals surface area contributed by atoms with Crippen LogP contribution in [-0.4, -0.2) is 29.5 Å². The number of methoxy groups -OCH3 is 1. The van der Waals surface area contributed by atoms with Crippen LogP contribution in [0.5, 0.6) is 0 Å². The molecule has 152 valence electrons. The second kappa shape index (κ2) is 8.87. The molecule has 0 spiro atoms. The van der Waals surface area contributed by atoms with Gasteiger partial charge in [0.15, 0.2) is 0 Å². The fourth-order valence-corrected chi connectivity index (χ4v) is 2.86. The van der Waals surface area contributed by atoms with Crippen molar-refractivity contribution >= 4 is 23.1 Å². The molecule has 0 aliphatic heterocycles. The van der Waals surface area contributed by atoms with Crippen molar-refractivity contribution in [2.75, 3.05) is 19.1 Å². The number of aromatic nitrogens is 2. The largest absolute Gasteiger partial charge is 0.417 e. The Bertz CT molecular complexity index is 1080. The number of para-hydroxylation sites is 1. The van der Waals surface area contributed by atoms with E-state index < -0.39 is 11.7 Å². The van der Waals surface area contributed by atoms with Gasteiger partial charge in [-0.05, 0) is 24.6 Å². The first-order valence-electron chi connectivity index (χ1n) is 8.85. The van der Waals surface area contributed by atoms with Crippen LogP contribution in [0.25, 0.3) is 10.9 Å². The number of halogens is 3. The maximum absolute atomic E-state index is 13.1. The Kier molecular flexibility index (Phi) is 6.28. The van der Waals surface area contributed by atoms with Crippen LogP contribution in [0.3, 0.4) is 0 Å². The summed E-state index contributed by atoms with van der Waals surface area (Å²) in [6, 6.07) is 11.9. The van der Waals surface area contributed by atoms with E-state index >= 15 is 0 Å². The highest BCUT2D eigenvalue weighted by molar-refractivity contribution is 5.83. The Morgan fingerprint density at radius 2 is 1.90 bits per heavy atom. The molecule has 0 unspecified atom stereocenters. The smallest absolute Gasteiger partial charge is 0.385 e. The van der Waals surface area contributed by atoms with Gasteiger partial charge in [0.05, 0.1) is 22.7 Å². The van der Waals surface area contributed by atoms with Gasteiger partial charge < -0.3 is 4.74 Å². The summed E-state index contributed by atoms with van der Waals surface area (Å²) in [5, 5.41) is 4.34. The van der Waals surface area contributed by atoms with Crippen LogP contribution in [0.1, 0.15) is 17.5 Å². The number of anilines is 1. The number of hydrazone groups is 1.